The number of ether oxygens (including phenoxy) is 1. The van der Waals surface area contributed by atoms with Gasteiger partial charge < -0.3 is 10.1 Å². The molecule has 1 heterocycles. The number of nitrogens with one attached hydrogen (secondary N) is 1. The van der Waals surface area contributed by atoms with E-state index < -0.39 is 5.25 Å². The fourth-order valence-electron chi connectivity index (χ4n) is 3.58. The lowest BCUT2D eigenvalue weighted by atomic mass is 10.1. The second kappa shape index (κ2) is 11.5. The monoisotopic (exact) mass is 473 g/mol. The Labute approximate surface area is 204 Å². The zero-order valence-electron chi connectivity index (χ0n) is 19.0. The smallest absolute Gasteiger partial charge is 0.238 e. The molecule has 0 unspecified atom stereocenters. The summed E-state index contributed by atoms with van der Waals surface area (Å²) in [7, 11) is 0. The lowest BCUT2D eigenvalue weighted by Gasteiger charge is -2.32. The van der Waals surface area contributed by atoms with Crippen molar-refractivity contribution in [3.05, 3.63) is 90.5 Å². The van der Waals surface area contributed by atoms with Crippen LogP contribution in [0.15, 0.2) is 89.9 Å². The molecule has 0 radical (unpaired) electrons. The number of amidine groups is 1. The first-order valence-corrected chi connectivity index (χ1v) is 12.2. The summed E-state index contributed by atoms with van der Waals surface area (Å²) in [6.45, 7) is 3.01. The van der Waals surface area contributed by atoms with Crippen molar-refractivity contribution in [1.82, 2.24) is 4.90 Å². The Kier molecular flexibility index (Phi) is 7.99. The molecule has 34 heavy (non-hydrogen) atoms. The summed E-state index contributed by atoms with van der Waals surface area (Å²) in [4.78, 5) is 32.6. The number of para-hydroxylation sites is 1. The molecule has 0 spiro atoms. The maximum absolute atomic E-state index is 13.1. The molecule has 6 nitrogen and oxygen atoms in total. The van der Waals surface area contributed by atoms with Gasteiger partial charge in [-0.05, 0) is 55.3 Å². The molecule has 1 fully saturated rings. The number of thioether (sulfide) groups is 1. The minimum absolute atomic E-state index is 0.101. The van der Waals surface area contributed by atoms with Gasteiger partial charge in [-0.3, -0.25) is 14.5 Å². The number of amides is 2. The van der Waals surface area contributed by atoms with Crippen molar-refractivity contribution < 1.29 is 14.3 Å². The molecule has 1 atom stereocenters. The van der Waals surface area contributed by atoms with Crippen LogP contribution in [-0.2, 0) is 16.0 Å². The predicted octanol–water partition coefficient (Wildman–Crippen LogP) is 5.29. The molecule has 0 bridgehead atoms. The molecule has 0 saturated carbocycles. The van der Waals surface area contributed by atoms with E-state index in [9.17, 15) is 9.59 Å². The molecule has 1 saturated heterocycles. The van der Waals surface area contributed by atoms with Crippen molar-refractivity contribution in [1.29, 1.82) is 0 Å². The van der Waals surface area contributed by atoms with Gasteiger partial charge in [0.25, 0.3) is 0 Å². The van der Waals surface area contributed by atoms with Crippen molar-refractivity contribution >= 4 is 40.1 Å². The van der Waals surface area contributed by atoms with Gasteiger partial charge in [-0.2, -0.15) is 0 Å². The van der Waals surface area contributed by atoms with Gasteiger partial charge >= 0.3 is 0 Å². The largest absolute Gasteiger partial charge is 0.494 e. The highest BCUT2D eigenvalue weighted by Gasteiger charge is 2.35. The molecule has 2 amide bonds. The average Bonchev–Trinajstić information content (AvgIpc) is 2.86. The molecule has 0 aliphatic carbocycles. The third-order valence-corrected chi connectivity index (χ3v) is 6.50. The number of hydrogen-bond acceptors (Lipinski definition) is 5. The highest BCUT2D eigenvalue weighted by molar-refractivity contribution is 8.15. The molecular weight excluding hydrogens is 446 g/mol. The van der Waals surface area contributed by atoms with E-state index in [0.717, 1.165) is 17.0 Å². The van der Waals surface area contributed by atoms with Crippen molar-refractivity contribution in [2.45, 2.75) is 25.0 Å². The number of rotatable bonds is 8. The third-order valence-electron chi connectivity index (χ3n) is 5.31. The number of anilines is 1. The van der Waals surface area contributed by atoms with Crippen molar-refractivity contribution in [2.75, 3.05) is 18.5 Å². The van der Waals surface area contributed by atoms with Crippen molar-refractivity contribution in [3.8, 4) is 5.75 Å². The van der Waals surface area contributed by atoms with Crippen LogP contribution in [0.25, 0.3) is 0 Å². The van der Waals surface area contributed by atoms with Gasteiger partial charge in [0.1, 0.15) is 11.0 Å². The highest BCUT2D eigenvalue weighted by atomic mass is 32.2. The van der Waals surface area contributed by atoms with E-state index in [-0.39, 0.29) is 18.2 Å². The van der Waals surface area contributed by atoms with E-state index in [0.29, 0.717) is 30.4 Å². The maximum Gasteiger partial charge on any atom is 0.238 e. The van der Waals surface area contributed by atoms with Crippen LogP contribution in [0.4, 0.5) is 11.4 Å². The number of hydrogen-bond donors (Lipinski definition) is 1. The Morgan fingerprint density at radius 1 is 1.03 bits per heavy atom. The maximum atomic E-state index is 13.1. The lowest BCUT2D eigenvalue weighted by Crippen LogP contribution is -2.46. The fraction of sp³-hybridized carbons (Fsp3) is 0.222. The standard InChI is InChI=1S/C27H27N3O3S/c1-2-33-23-15-13-22(14-16-23)28-26(32)24-19-25(31)30(18-17-20-9-5-3-6-10-20)27(34-24)29-21-11-7-4-8-12-21/h3-16,24H,2,17-19H2,1H3,(H,28,32)/t24-/m0/s1. The number of carbonyl (C=O) groups excluding carboxylic acids is 2. The fourth-order valence-corrected chi connectivity index (χ4v) is 4.71. The second-order valence-corrected chi connectivity index (χ2v) is 8.94. The van der Waals surface area contributed by atoms with Crippen molar-refractivity contribution in [2.24, 2.45) is 4.99 Å². The van der Waals surface area contributed by atoms with E-state index >= 15 is 0 Å². The van der Waals surface area contributed by atoms with E-state index in [1.165, 1.54) is 11.8 Å². The van der Waals surface area contributed by atoms with Crippen LogP contribution in [-0.4, -0.2) is 40.3 Å². The Balaban J connectivity index is 1.50. The SMILES string of the molecule is CCOc1ccc(NC(=O)[C@@H]2CC(=O)N(CCc3ccccc3)C(=Nc3ccccc3)S2)cc1. The zero-order valence-corrected chi connectivity index (χ0v) is 19.8. The van der Waals surface area contributed by atoms with Gasteiger partial charge in [-0.15, -0.1) is 0 Å². The number of aliphatic imine (C=N–C) groups is 1. The molecule has 4 rings (SSSR count). The van der Waals surface area contributed by atoms with Crippen molar-refractivity contribution in [3.63, 3.8) is 0 Å². The second-order valence-electron chi connectivity index (χ2n) is 7.77. The van der Waals surface area contributed by atoms with Crippen LogP contribution in [0.3, 0.4) is 0 Å². The summed E-state index contributed by atoms with van der Waals surface area (Å²) < 4.78 is 5.45. The van der Waals surface area contributed by atoms with Gasteiger partial charge in [-0.1, -0.05) is 60.3 Å². The summed E-state index contributed by atoms with van der Waals surface area (Å²) >= 11 is 1.33. The molecule has 174 valence electrons. The molecule has 0 aromatic heterocycles. The normalized spacial score (nSPS) is 17.0. The van der Waals surface area contributed by atoms with E-state index in [1.807, 2.05) is 79.7 Å². The molecule has 3 aromatic rings. The van der Waals surface area contributed by atoms with Gasteiger partial charge in [0.2, 0.25) is 11.8 Å². The summed E-state index contributed by atoms with van der Waals surface area (Å²) in [5, 5.41) is 2.90. The molecule has 1 aliphatic rings. The summed E-state index contributed by atoms with van der Waals surface area (Å²) in [6, 6.07) is 26.7. The predicted molar refractivity (Wildman–Crippen MR) is 138 cm³/mol. The average molecular weight is 474 g/mol. The first-order valence-electron chi connectivity index (χ1n) is 11.3. The molecular formula is C27H27N3O3S. The molecule has 1 aliphatic heterocycles. The Morgan fingerprint density at radius 3 is 2.38 bits per heavy atom. The van der Waals surface area contributed by atoms with Gasteiger partial charge in [-0.25, -0.2) is 4.99 Å². The van der Waals surface area contributed by atoms with E-state index in [4.69, 9.17) is 9.73 Å². The van der Waals surface area contributed by atoms with Crippen LogP contribution in [0.1, 0.15) is 18.9 Å². The molecule has 7 heteroatoms. The first kappa shape index (κ1) is 23.6. The topological polar surface area (TPSA) is 71.0 Å². The summed E-state index contributed by atoms with van der Waals surface area (Å²) in [5.74, 6) is 0.427. The van der Waals surface area contributed by atoms with Crippen LogP contribution < -0.4 is 10.1 Å². The Morgan fingerprint density at radius 2 is 1.71 bits per heavy atom. The summed E-state index contributed by atoms with van der Waals surface area (Å²) in [6.07, 6.45) is 0.833. The molecule has 3 aromatic carbocycles. The minimum Gasteiger partial charge on any atom is -0.494 e. The van der Waals surface area contributed by atoms with E-state index in [2.05, 4.69) is 5.32 Å². The molecule has 1 N–H and O–H groups in total. The van der Waals surface area contributed by atoms with E-state index in [1.54, 1.807) is 17.0 Å². The lowest BCUT2D eigenvalue weighted by molar-refractivity contribution is -0.129. The van der Waals surface area contributed by atoms with Gasteiger partial charge in [0, 0.05) is 18.7 Å². The van der Waals surface area contributed by atoms with Crippen LogP contribution >= 0.6 is 11.8 Å². The highest BCUT2D eigenvalue weighted by Crippen LogP contribution is 2.30. The third kappa shape index (κ3) is 6.26. The van der Waals surface area contributed by atoms with Crippen LogP contribution in [0.2, 0.25) is 0 Å². The first-order chi connectivity index (χ1) is 16.6. The number of benzene rings is 3. The number of carbonyl (C=O) groups is 2. The van der Waals surface area contributed by atoms with Crippen LogP contribution in [0.5, 0.6) is 5.75 Å². The zero-order chi connectivity index (χ0) is 23.8. The minimum atomic E-state index is -0.561. The van der Waals surface area contributed by atoms with Crippen LogP contribution in [0, 0.1) is 0 Å². The summed E-state index contributed by atoms with van der Waals surface area (Å²) in [5.41, 5.74) is 2.55. The Hall–Kier alpha value is -3.58. The number of nitrogens with zero attached hydrogens (tertiary/aromatic N) is 2. The quantitative estimate of drug-likeness (QED) is 0.483. The van der Waals surface area contributed by atoms with Gasteiger partial charge in [0.15, 0.2) is 5.17 Å². The Bertz CT molecular complexity index is 1130. The van der Waals surface area contributed by atoms with Gasteiger partial charge in [0.05, 0.1) is 12.3 Å².